The third kappa shape index (κ3) is 1.80. The van der Waals surface area contributed by atoms with Crippen molar-refractivity contribution < 1.29 is 0 Å². The Balaban J connectivity index is 2.03. The Morgan fingerprint density at radius 1 is 1.46 bits per heavy atom. The van der Waals surface area contributed by atoms with E-state index in [1.54, 1.807) is 0 Å². The van der Waals surface area contributed by atoms with Crippen LogP contribution in [0.3, 0.4) is 0 Å². The van der Waals surface area contributed by atoms with Crippen molar-refractivity contribution in [2.45, 2.75) is 13.3 Å². The topological polar surface area (TPSA) is 3.24 Å². The van der Waals surface area contributed by atoms with E-state index in [2.05, 4.69) is 17.9 Å². The third-order valence-electron chi connectivity index (χ3n) is 2.71. The fourth-order valence-electron chi connectivity index (χ4n) is 1.71. The van der Waals surface area contributed by atoms with Crippen molar-refractivity contribution in [2.24, 2.45) is 5.92 Å². The van der Waals surface area contributed by atoms with E-state index in [1.807, 2.05) is 18.2 Å². The molecule has 2 rings (SSSR count). The van der Waals surface area contributed by atoms with Gasteiger partial charge in [-0.25, -0.2) is 0 Å². The predicted octanol–water partition coefficient (Wildman–Crippen LogP) is 3.19. The second kappa shape index (κ2) is 3.59. The Bertz CT molecular complexity index is 292. The molecule has 0 aliphatic carbocycles. The van der Waals surface area contributed by atoms with Crippen LogP contribution in [0.2, 0.25) is 5.02 Å². The van der Waals surface area contributed by atoms with E-state index in [-0.39, 0.29) is 0 Å². The van der Waals surface area contributed by atoms with Gasteiger partial charge in [-0.1, -0.05) is 24.6 Å². The highest BCUT2D eigenvalue weighted by atomic mass is 35.5. The van der Waals surface area contributed by atoms with Crippen LogP contribution in [-0.2, 0) is 0 Å². The van der Waals surface area contributed by atoms with E-state index < -0.39 is 0 Å². The SMILES string of the molecule is CCC1CN(c2cccc(Cl)c2)C1. The molecule has 0 atom stereocenters. The summed E-state index contributed by atoms with van der Waals surface area (Å²) in [5.41, 5.74) is 1.26. The average molecular weight is 196 g/mol. The van der Waals surface area contributed by atoms with Crippen LogP contribution < -0.4 is 4.90 Å². The summed E-state index contributed by atoms with van der Waals surface area (Å²) in [6, 6.07) is 8.09. The van der Waals surface area contributed by atoms with Crippen LogP contribution in [0.25, 0.3) is 0 Å². The van der Waals surface area contributed by atoms with Gasteiger partial charge < -0.3 is 4.90 Å². The first-order chi connectivity index (χ1) is 6.29. The molecule has 1 aliphatic heterocycles. The van der Waals surface area contributed by atoms with Crippen LogP contribution in [0.15, 0.2) is 24.3 Å². The Morgan fingerprint density at radius 2 is 2.23 bits per heavy atom. The predicted molar refractivity (Wildman–Crippen MR) is 57.4 cm³/mol. The summed E-state index contributed by atoms with van der Waals surface area (Å²) in [6.45, 7) is 4.63. The lowest BCUT2D eigenvalue weighted by Gasteiger charge is -2.40. The zero-order valence-corrected chi connectivity index (χ0v) is 8.59. The van der Waals surface area contributed by atoms with Crippen LogP contribution in [0.1, 0.15) is 13.3 Å². The van der Waals surface area contributed by atoms with Gasteiger partial charge >= 0.3 is 0 Å². The van der Waals surface area contributed by atoms with Crippen molar-refractivity contribution in [3.8, 4) is 0 Å². The molecular weight excluding hydrogens is 182 g/mol. The molecule has 0 bridgehead atoms. The van der Waals surface area contributed by atoms with Gasteiger partial charge in [0.25, 0.3) is 0 Å². The molecule has 1 fully saturated rings. The van der Waals surface area contributed by atoms with Gasteiger partial charge in [-0.15, -0.1) is 0 Å². The number of anilines is 1. The Hall–Kier alpha value is -0.690. The maximum Gasteiger partial charge on any atom is 0.0426 e. The van der Waals surface area contributed by atoms with Crippen molar-refractivity contribution in [2.75, 3.05) is 18.0 Å². The van der Waals surface area contributed by atoms with Crippen molar-refractivity contribution in [3.63, 3.8) is 0 Å². The van der Waals surface area contributed by atoms with Gasteiger partial charge in [-0.2, -0.15) is 0 Å². The number of rotatable bonds is 2. The molecule has 0 amide bonds. The van der Waals surface area contributed by atoms with Crippen molar-refractivity contribution in [3.05, 3.63) is 29.3 Å². The molecule has 70 valence electrons. The molecule has 1 aromatic rings. The number of hydrogen-bond acceptors (Lipinski definition) is 1. The van der Waals surface area contributed by atoms with Gasteiger partial charge in [0, 0.05) is 23.8 Å². The smallest absolute Gasteiger partial charge is 0.0426 e. The second-order valence-electron chi connectivity index (χ2n) is 3.66. The minimum atomic E-state index is 0.831. The largest absolute Gasteiger partial charge is 0.371 e. The summed E-state index contributed by atoms with van der Waals surface area (Å²) in [5.74, 6) is 0.888. The van der Waals surface area contributed by atoms with Gasteiger partial charge in [-0.05, 0) is 30.5 Å². The molecule has 1 aromatic carbocycles. The van der Waals surface area contributed by atoms with E-state index in [9.17, 15) is 0 Å². The summed E-state index contributed by atoms with van der Waals surface area (Å²) < 4.78 is 0. The number of nitrogens with zero attached hydrogens (tertiary/aromatic N) is 1. The monoisotopic (exact) mass is 195 g/mol. The maximum absolute atomic E-state index is 5.91. The number of benzene rings is 1. The zero-order chi connectivity index (χ0) is 9.26. The van der Waals surface area contributed by atoms with Crippen LogP contribution in [0.4, 0.5) is 5.69 Å². The molecule has 13 heavy (non-hydrogen) atoms. The molecule has 0 aromatic heterocycles. The fraction of sp³-hybridized carbons (Fsp3) is 0.455. The molecular formula is C11H14ClN. The molecule has 0 unspecified atom stereocenters. The lowest BCUT2D eigenvalue weighted by molar-refractivity contribution is 0.399. The fourth-order valence-corrected chi connectivity index (χ4v) is 1.90. The second-order valence-corrected chi connectivity index (χ2v) is 4.10. The van der Waals surface area contributed by atoms with Crippen LogP contribution in [0.5, 0.6) is 0 Å². The van der Waals surface area contributed by atoms with Crippen LogP contribution >= 0.6 is 11.6 Å². The molecule has 0 saturated carbocycles. The molecule has 1 heterocycles. The molecule has 2 heteroatoms. The molecule has 0 spiro atoms. The maximum atomic E-state index is 5.91. The molecule has 0 radical (unpaired) electrons. The van der Waals surface area contributed by atoms with E-state index >= 15 is 0 Å². The quantitative estimate of drug-likeness (QED) is 0.701. The highest BCUT2D eigenvalue weighted by Gasteiger charge is 2.24. The van der Waals surface area contributed by atoms with Gasteiger partial charge in [-0.3, -0.25) is 0 Å². The summed E-state index contributed by atoms with van der Waals surface area (Å²) in [7, 11) is 0. The number of halogens is 1. The minimum Gasteiger partial charge on any atom is -0.371 e. The lowest BCUT2D eigenvalue weighted by atomic mass is 9.97. The summed E-state index contributed by atoms with van der Waals surface area (Å²) in [5, 5.41) is 0.831. The van der Waals surface area contributed by atoms with Crippen LogP contribution in [0, 0.1) is 5.92 Å². The van der Waals surface area contributed by atoms with E-state index in [4.69, 9.17) is 11.6 Å². The van der Waals surface area contributed by atoms with Gasteiger partial charge in [0.05, 0.1) is 0 Å². The zero-order valence-electron chi connectivity index (χ0n) is 7.83. The molecule has 1 nitrogen and oxygen atoms in total. The molecule has 0 N–H and O–H groups in total. The standard InChI is InChI=1S/C11H14ClN/c1-2-9-7-13(8-9)11-5-3-4-10(12)6-11/h3-6,9H,2,7-8H2,1H3. The first kappa shape index (κ1) is 8.89. The highest BCUT2D eigenvalue weighted by Crippen LogP contribution is 2.27. The normalized spacial score (nSPS) is 17.2. The van der Waals surface area contributed by atoms with E-state index in [1.165, 1.54) is 25.2 Å². The van der Waals surface area contributed by atoms with Gasteiger partial charge in [0.15, 0.2) is 0 Å². The first-order valence-electron chi connectivity index (χ1n) is 4.80. The van der Waals surface area contributed by atoms with E-state index in [0.717, 1.165) is 10.9 Å². The minimum absolute atomic E-state index is 0.831. The van der Waals surface area contributed by atoms with E-state index in [0.29, 0.717) is 0 Å². The van der Waals surface area contributed by atoms with Crippen molar-refractivity contribution in [1.82, 2.24) is 0 Å². The Kier molecular flexibility index (Phi) is 2.45. The summed E-state index contributed by atoms with van der Waals surface area (Å²) >= 11 is 5.91. The lowest BCUT2D eigenvalue weighted by Crippen LogP contribution is -2.46. The molecule has 1 saturated heterocycles. The third-order valence-corrected chi connectivity index (χ3v) is 2.94. The Labute approximate surface area is 84.3 Å². The Morgan fingerprint density at radius 3 is 2.85 bits per heavy atom. The molecule has 1 aliphatic rings. The first-order valence-corrected chi connectivity index (χ1v) is 5.18. The van der Waals surface area contributed by atoms with Gasteiger partial charge in [0.2, 0.25) is 0 Å². The average Bonchev–Trinajstić information content (AvgIpc) is 2.02. The number of hydrogen-bond donors (Lipinski definition) is 0. The highest BCUT2D eigenvalue weighted by molar-refractivity contribution is 6.30. The van der Waals surface area contributed by atoms with Crippen molar-refractivity contribution in [1.29, 1.82) is 0 Å². The summed E-state index contributed by atoms with van der Waals surface area (Å²) in [6.07, 6.45) is 1.29. The van der Waals surface area contributed by atoms with Gasteiger partial charge in [0.1, 0.15) is 0 Å². The van der Waals surface area contributed by atoms with Crippen LogP contribution in [-0.4, -0.2) is 13.1 Å². The summed E-state index contributed by atoms with van der Waals surface area (Å²) in [4.78, 5) is 2.38. The van der Waals surface area contributed by atoms with Crippen molar-refractivity contribution >= 4 is 17.3 Å².